The van der Waals surface area contributed by atoms with Gasteiger partial charge in [0.25, 0.3) is 0 Å². The van der Waals surface area contributed by atoms with Gasteiger partial charge in [-0.15, -0.1) is 0 Å². The molecule has 2 nitrogen and oxygen atoms in total. The summed E-state index contributed by atoms with van der Waals surface area (Å²) in [5.41, 5.74) is 9.11. The first kappa shape index (κ1) is 11.6. The molecule has 88 valence electrons. The Morgan fingerprint density at radius 2 is 2.06 bits per heavy atom. The summed E-state index contributed by atoms with van der Waals surface area (Å²) in [6.45, 7) is 4.00. The summed E-state index contributed by atoms with van der Waals surface area (Å²) < 4.78 is 13.6. The van der Waals surface area contributed by atoms with Crippen molar-refractivity contribution in [3.8, 4) is 11.1 Å². The third-order valence-electron chi connectivity index (χ3n) is 2.77. The fourth-order valence-electron chi connectivity index (χ4n) is 1.88. The molecular weight excluding hydrogens is 215 g/mol. The van der Waals surface area contributed by atoms with E-state index in [4.69, 9.17) is 5.73 Å². The average Bonchev–Trinajstić information content (AvgIpc) is 2.32. The monoisotopic (exact) mass is 230 g/mol. The second-order valence-corrected chi connectivity index (χ2v) is 4.35. The number of pyridine rings is 1. The predicted octanol–water partition coefficient (Wildman–Crippen LogP) is 3.59. The van der Waals surface area contributed by atoms with Gasteiger partial charge in [-0.05, 0) is 29.7 Å². The van der Waals surface area contributed by atoms with Gasteiger partial charge in [-0.2, -0.15) is 0 Å². The van der Waals surface area contributed by atoms with Crippen molar-refractivity contribution in [2.45, 2.75) is 19.8 Å². The lowest BCUT2D eigenvalue weighted by atomic mass is 9.95. The smallest absolute Gasteiger partial charge is 0.124 e. The van der Waals surface area contributed by atoms with Crippen molar-refractivity contribution in [2.24, 2.45) is 0 Å². The summed E-state index contributed by atoms with van der Waals surface area (Å²) in [4.78, 5) is 4.03. The van der Waals surface area contributed by atoms with E-state index in [1.54, 1.807) is 12.4 Å². The van der Waals surface area contributed by atoms with Crippen LogP contribution in [-0.4, -0.2) is 4.98 Å². The van der Waals surface area contributed by atoms with Gasteiger partial charge >= 0.3 is 0 Å². The Balaban J connectivity index is 2.63. The molecule has 3 heteroatoms. The van der Waals surface area contributed by atoms with Gasteiger partial charge in [0, 0.05) is 29.2 Å². The molecule has 0 aliphatic carbocycles. The third-order valence-corrected chi connectivity index (χ3v) is 2.77. The molecular formula is C14H15FN2. The summed E-state index contributed by atoms with van der Waals surface area (Å²) in [5, 5.41) is 0. The zero-order valence-corrected chi connectivity index (χ0v) is 9.94. The van der Waals surface area contributed by atoms with Gasteiger partial charge in [-0.1, -0.05) is 19.9 Å². The molecule has 1 heterocycles. The normalized spacial score (nSPS) is 10.8. The highest BCUT2D eigenvalue weighted by molar-refractivity contribution is 5.78. The van der Waals surface area contributed by atoms with E-state index in [0.717, 1.165) is 11.1 Å². The molecule has 2 N–H and O–H groups in total. The van der Waals surface area contributed by atoms with E-state index in [2.05, 4.69) is 4.98 Å². The SMILES string of the molecule is CC(C)c1cc(F)cc(-c2cccnc2)c1N. The highest BCUT2D eigenvalue weighted by Gasteiger charge is 2.12. The predicted molar refractivity (Wildman–Crippen MR) is 68.1 cm³/mol. The molecule has 2 rings (SSSR count). The average molecular weight is 230 g/mol. The quantitative estimate of drug-likeness (QED) is 0.801. The minimum atomic E-state index is -0.262. The van der Waals surface area contributed by atoms with Crippen LogP contribution < -0.4 is 5.73 Å². The van der Waals surface area contributed by atoms with Crippen LogP contribution in [0.2, 0.25) is 0 Å². The summed E-state index contributed by atoms with van der Waals surface area (Å²) in [7, 11) is 0. The molecule has 1 aromatic carbocycles. The van der Waals surface area contributed by atoms with Crippen LogP contribution in [0.4, 0.5) is 10.1 Å². The van der Waals surface area contributed by atoms with Crippen molar-refractivity contribution in [2.75, 3.05) is 5.73 Å². The Labute approximate surface area is 100 Å². The molecule has 0 aliphatic heterocycles. The third kappa shape index (κ3) is 2.28. The molecule has 0 saturated carbocycles. The van der Waals surface area contributed by atoms with Crippen LogP contribution in [0, 0.1) is 5.82 Å². The highest BCUT2D eigenvalue weighted by Crippen LogP contribution is 2.33. The molecule has 0 saturated heterocycles. The first-order valence-corrected chi connectivity index (χ1v) is 5.59. The lowest BCUT2D eigenvalue weighted by Crippen LogP contribution is -2.00. The molecule has 0 radical (unpaired) electrons. The van der Waals surface area contributed by atoms with Gasteiger partial charge < -0.3 is 5.73 Å². The summed E-state index contributed by atoms with van der Waals surface area (Å²) >= 11 is 0. The van der Waals surface area contributed by atoms with Gasteiger partial charge in [-0.3, -0.25) is 4.98 Å². The standard InChI is InChI=1S/C14H15FN2/c1-9(2)12-6-11(15)7-13(14(12)16)10-4-3-5-17-8-10/h3-9H,16H2,1-2H3. The Morgan fingerprint density at radius 1 is 1.29 bits per heavy atom. The van der Waals surface area contributed by atoms with E-state index in [0.29, 0.717) is 11.3 Å². The fraction of sp³-hybridized carbons (Fsp3) is 0.214. The first-order chi connectivity index (χ1) is 8.09. The Kier molecular flexibility index (Phi) is 3.09. The molecule has 0 unspecified atom stereocenters. The number of anilines is 1. The van der Waals surface area contributed by atoms with E-state index < -0.39 is 0 Å². The maximum atomic E-state index is 13.6. The number of rotatable bonds is 2. The van der Waals surface area contributed by atoms with E-state index in [1.165, 1.54) is 12.1 Å². The number of nitrogens with zero attached hydrogens (tertiary/aromatic N) is 1. The molecule has 1 aromatic heterocycles. The van der Waals surface area contributed by atoms with Gasteiger partial charge in [0.15, 0.2) is 0 Å². The number of benzene rings is 1. The minimum Gasteiger partial charge on any atom is -0.398 e. The molecule has 0 fully saturated rings. The van der Waals surface area contributed by atoms with Gasteiger partial charge in [0.05, 0.1) is 0 Å². The molecule has 2 aromatic rings. The molecule has 0 spiro atoms. The zero-order chi connectivity index (χ0) is 12.4. The number of nitrogens with two attached hydrogens (primary N) is 1. The number of hydrogen-bond acceptors (Lipinski definition) is 2. The Morgan fingerprint density at radius 3 is 2.65 bits per heavy atom. The Bertz CT molecular complexity index is 521. The second-order valence-electron chi connectivity index (χ2n) is 4.35. The first-order valence-electron chi connectivity index (χ1n) is 5.59. The molecule has 0 atom stereocenters. The second kappa shape index (κ2) is 4.53. The molecule has 0 amide bonds. The lowest BCUT2D eigenvalue weighted by Gasteiger charge is -2.14. The van der Waals surface area contributed by atoms with Crippen molar-refractivity contribution >= 4 is 5.69 Å². The maximum Gasteiger partial charge on any atom is 0.124 e. The highest BCUT2D eigenvalue weighted by atomic mass is 19.1. The fourth-order valence-corrected chi connectivity index (χ4v) is 1.88. The van der Waals surface area contributed by atoms with Gasteiger partial charge in [0.2, 0.25) is 0 Å². The molecule has 0 aliphatic rings. The molecule has 0 bridgehead atoms. The zero-order valence-electron chi connectivity index (χ0n) is 9.94. The van der Waals surface area contributed by atoms with Crippen LogP contribution in [0.25, 0.3) is 11.1 Å². The largest absolute Gasteiger partial charge is 0.398 e. The van der Waals surface area contributed by atoms with Gasteiger partial charge in [-0.25, -0.2) is 4.39 Å². The summed E-state index contributed by atoms with van der Waals surface area (Å²) in [6.07, 6.45) is 3.37. The number of nitrogen functional groups attached to an aromatic ring is 1. The van der Waals surface area contributed by atoms with Crippen LogP contribution in [0.1, 0.15) is 25.3 Å². The van der Waals surface area contributed by atoms with E-state index in [9.17, 15) is 4.39 Å². The van der Waals surface area contributed by atoms with Crippen LogP contribution in [0.5, 0.6) is 0 Å². The van der Waals surface area contributed by atoms with Crippen molar-refractivity contribution in [3.63, 3.8) is 0 Å². The van der Waals surface area contributed by atoms with Crippen molar-refractivity contribution < 1.29 is 4.39 Å². The molecule has 17 heavy (non-hydrogen) atoms. The Hall–Kier alpha value is -1.90. The number of hydrogen-bond donors (Lipinski definition) is 1. The van der Waals surface area contributed by atoms with Crippen molar-refractivity contribution in [1.82, 2.24) is 4.98 Å². The minimum absolute atomic E-state index is 0.195. The maximum absolute atomic E-state index is 13.6. The summed E-state index contributed by atoms with van der Waals surface area (Å²) in [6, 6.07) is 6.65. The van der Waals surface area contributed by atoms with Crippen molar-refractivity contribution in [1.29, 1.82) is 0 Å². The van der Waals surface area contributed by atoms with E-state index in [-0.39, 0.29) is 11.7 Å². The summed E-state index contributed by atoms with van der Waals surface area (Å²) in [5.74, 6) is -0.0668. The van der Waals surface area contributed by atoms with Crippen LogP contribution in [0.15, 0.2) is 36.7 Å². The van der Waals surface area contributed by atoms with E-state index in [1.807, 2.05) is 26.0 Å². The van der Waals surface area contributed by atoms with E-state index >= 15 is 0 Å². The van der Waals surface area contributed by atoms with Gasteiger partial charge in [0.1, 0.15) is 5.82 Å². The van der Waals surface area contributed by atoms with Crippen LogP contribution in [-0.2, 0) is 0 Å². The number of aromatic nitrogens is 1. The lowest BCUT2D eigenvalue weighted by molar-refractivity contribution is 0.624. The van der Waals surface area contributed by atoms with Crippen LogP contribution in [0.3, 0.4) is 0 Å². The topological polar surface area (TPSA) is 38.9 Å². The van der Waals surface area contributed by atoms with Crippen molar-refractivity contribution in [3.05, 3.63) is 48.0 Å². The number of halogens is 1. The van der Waals surface area contributed by atoms with Crippen LogP contribution >= 0.6 is 0 Å².